The molecule has 1 N–H and O–H groups in total. The van der Waals surface area contributed by atoms with Crippen molar-refractivity contribution in [1.29, 1.82) is 0 Å². The average Bonchev–Trinajstić information content (AvgIpc) is 2.78. The molecule has 0 heterocycles. The van der Waals surface area contributed by atoms with Gasteiger partial charge in [0.2, 0.25) is 11.8 Å². The van der Waals surface area contributed by atoms with Gasteiger partial charge in [-0.3, -0.25) is 23.7 Å². The van der Waals surface area contributed by atoms with Crippen molar-refractivity contribution in [3.05, 3.63) is 35.9 Å². The second kappa shape index (κ2) is 15.4. The predicted octanol–water partition coefficient (Wildman–Crippen LogP) is 2.78. The Hall–Kier alpha value is -2.75. The maximum Gasteiger partial charge on any atom is 0.340 e. The van der Waals surface area contributed by atoms with E-state index in [2.05, 4.69) is 0 Å². The SMILES string of the molecule is CCOC(=O)CN(CC(=O)O)C(=O)C(C(C)C)N(Cc1ccccc1)C(=O)CP(=O)(OCC)OCC. The molecule has 2 amide bonds. The predicted molar refractivity (Wildman–Crippen MR) is 132 cm³/mol. The zero-order chi connectivity index (χ0) is 27.3. The Morgan fingerprint density at radius 3 is 2.00 bits per heavy atom. The zero-order valence-corrected chi connectivity index (χ0v) is 22.4. The molecular formula is C24H37N2O9P. The van der Waals surface area contributed by atoms with Crippen molar-refractivity contribution >= 4 is 31.3 Å². The van der Waals surface area contributed by atoms with Gasteiger partial charge in [-0.25, -0.2) is 0 Å². The number of amides is 2. The van der Waals surface area contributed by atoms with Crippen molar-refractivity contribution in [2.45, 2.75) is 47.2 Å². The van der Waals surface area contributed by atoms with E-state index in [1.165, 1.54) is 4.90 Å². The van der Waals surface area contributed by atoms with Gasteiger partial charge in [0.05, 0.1) is 19.8 Å². The van der Waals surface area contributed by atoms with Gasteiger partial charge in [0.15, 0.2) is 0 Å². The van der Waals surface area contributed by atoms with Crippen molar-refractivity contribution in [2.24, 2.45) is 5.92 Å². The fourth-order valence-electron chi connectivity index (χ4n) is 3.60. The van der Waals surface area contributed by atoms with Crippen LogP contribution in [0.1, 0.15) is 40.2 Å². The summed E-state index contributed by atoms with van der Waals surface area (Å²) >= 11 is 0. The third-order valence-corrected chi connectivity index (χ3v) is 6.94. The van der Waals surface area contributed by atoms with E-state index in [-0.39, 0.29) is 26.4 Å². The van der Waals surface area contributed by atoms with Crippen LogP contribution < -0.4 is 0 Å². The normalized spacial score (nSPS) is 12.2. The van der Waals surface area contributed by atoms with E-state index in [0.717, 1.165) is 4.90 Å². The molecular weight excluding hydrogens is 491 g/mol. The van der Waals surface area contributed by atoms with Crippen LogP contribution in [0, 0.1) is 5.92 Å². The van der Waals surface area contributed by atoms with Gasteiger partial charge in [0.1, 0.15) is 25.3 Å². The highest BCUT2D eigenvalue weighted by Crippen LogP contribution is 2.48. The molecule has 0 aliphatic carbocycles. The number of esters is 1. The van der Waals surface area contributed by atoms with Gasteiger partial charge in [0, 0.05) is 6.54 Å². The number of hydrogen-bond acceptors (Lipinski definition) is 8. The van der Waals surface area contributed by atoms with Crippen molar-refractivity contribution in [3.8, 4) is 0 Å². The Morgan fingerprint density at radius 2 is 1.53 bits per heavy atom. The molecule has 0 radical (unpaired) electrons. The molecule has 0 bridgehead atoms. The van der Waals surface area contributed by atoms with E-state index < -0.39 is 62.6 Å². The summed E-state index contributed by atoms with van der Waals surface area (Å²) in [5, 5.41) is 9.35. The maximum absolute atomic E-state index is 13.6. The molecule has 1 rings (SSSR count). The van der Waals surface area contributed by atoms with Crippen molar-refractivity contribution in [2.75, 3.05) is 39.1 Å². The minimum absolute atomic E-state index is 0.0210. The van der Waals surface area contributed by atoms with Gasteiger partial charge in [-0.2, -0.15) is 0 Å². The quantitative estimate of drug-likeness (QED) is 0.253. The first-order chi connectivity index (χ1) is 17.0. The van der Waals surface area contributed by atoms with Gasteiger partial charge in [0.25, 0.3) is 0 Å². The third kappa shape index (κ3) is 10.1. The minimum atomic E-state index is -3.80. The van der Waals surface area contributed by atoms with Crippen LogP contribution in [0.25, 0.3) is 0 Å². The molecule has 0 aliphatic rings. The summed E-state index contributed by atoms with van der Waals surface area (Å²) in [5.41, 5.74) is 0.696. The monoisotopic (exact) mass is 528 g/mol. The largest absolute Gasteiger partial charge is 0.480 e. The standard InChI is InChI=1S/C24H37N2O9P/c1-6-33-22(30)16-25(15-21(28)29)24(31)23(18(4)5)26(14-19-12-10-9-11-13-19)20(27)17-36(32,34-7-2)35-8-3/h9-13,18,23H,6-8,14-17H2,1-5H3,(H,28,29). The molecule has 36 heavy (non-hydrogen) atoms. The van der Waals surface area contributed by atoms with Crippen molar-refractivity contribution < 1.29 is 42.6 Å². The van der Waals surface area contributed by atoms with E-state index in [1.54, 1.807) is 65.0 Å². The van der Waals surface area contributed by atoms with Crippen LogP contribution >= 0.6 is 7.60 Å². The lowest BCUT2D eigenvalue weighted by Gasteiger charge is -2.37. The Balaban J connectivity index is 3.46. The summed E-state index contributed by atoms with van der Waals surface area (Å²) in [5.74, 6) is -3.99. The maximum atomic E-state index is 13.6. The molecule has 0 saturated carbocycles. The summed E-state index contributed by atoms with van der Waals surface area (Å²) in [6.07, 6.45) is -0.602. The fraction of sp³-hybridized carbons (Fsp3) is 0.583. The van der Waals surface area contributed by atoms with Crippen LogP contribution in [0.2, 0.25) is 0 Å². The molecule has 0 fully saturated rings. The highest BCUT2D eigenvalue weighted by atomic mass is 31.2. The summed E-state index contributed by atoms with van der Waals surface area (Å²) in [6, 6.07) is 7.71. The van der Waals surface area contributed by atoms with Crippen LogP contribution in [-0.2, 0) is 44.1 Å². The highest BCUT2D eigenvalue weighted by molar-refractivity contribution is 7.54. The first kappa shape index (κ1) is 31.3. The highest BCUT2D eigenvalue weighted by Gasteiger charge is 2.39. The lowest BCUT2D eigenvalue weighted by atomic mass is 9.99. The molecule has 0 spiro atoms. The number of hydrogen-bond donors (Lipinski definition) is 1. The molecule has 12 heteroatoms. The van der Waals surface area contributed by atoms with Crippen LogP contribution in [0.3, 0.4) is 0 Å². The molecule has 0 aliphatic heterocycles. The smallest absolute Gasteiger partial charge is 0.340 e. The van der Waals surface area contributed by atoms with Gasteiger partial charge in [-0.05, 0) is 32.3 Å². The first-order valence-corrected chi connectivity index (χ1v) is 13.6. The van der Waals surface area contributed by atoms with Gasteiger partial charge in [-0.1, -0.05) is 44.2 Å². The van der Waals surface area contributed by atoms with E-state index >= 15 is 0 Å². The Kier molecular flexibility index (Phi) is 13.4. The molecule has 1 atom stereocenters. The number of carboxylic acid groups (broad SMARTS) is 1. The summed E-state index contributed by atoms with van der Waals surface area (Å²) in [7, 11) is -3.80. The molecule has 1 aromatic carbocycles. The first-order valence-electron chi connectivity index (χ1n) is 11.9. The van der Waals surface area contributed by atoms with Gasteiger partial charge in [-0.15, -0.1) is 0 Å². The topological polar surface area (TPSA) is 140 Å². The lowest BCUT2D eigenvalue weighted by Crippen LogP contribution is -2.55. The summed E-state index contributed by atoms with van der Waals surface area (Å²) in [6.45, 7) is 7.03. The Labute approximate surface area is 212 Å². The van der Waals surface area contributed by atoms with Crippen molar-refractivity contribution in [3.63, 3.8) is 0 Å². The Bertz CT molecular complexity index is 913. The number of carbonyl (C=O) groups excluding carboxylic acids is 3. The second-order valence-corrected chi connectivity index (χ2v) is 10.2. The number of carbonyl (C=O) groups is 4. The van der Waals surface area contributed by atoms with Crippen LogP contribution in [0.15, 0.2) is 30.3 Å². The number of nitrogens with zero attached hydrogens (tertiary/aromatic N) is 2. The van der Waals surface area contributed by atoms with E-state index in [1.807, 2.05) is 0 Å². The number of aliphatic carboxylic acids is 1. The summed E-state index contributed by atoms with van der Waals surface area (Å²) in [4.78, 5) is 52.9. The summed E-state index contributed by atoms with van der Waals surface area (Å²) < 4.78 is 28.6. The number of ether oxygens (including phenoxy) is 1. The molecule has 11 nitrogen and oxygen atoms in total. The van der Waals surface area contributed by atoms with Crippen LogP contribution in [0.5, 0.6) is 0 Å². The molecule has 0 aromatic heterocycles. The van der Waals surface area contributed by atoms with Crippen molar-refractivity contribution in [1.82, 2.24) is 9.80 Å². The number of benzene rings is 1. The van der Waals surface area contributed by atoms with Gasteiger partial charge < -0.3 is 28.7 Å². The zero-order valence-electron chi connectivity index (χ0n) is 21.5. The molecule has 0 saturated heterocycles. The second-order valence-electron chi connectivity index (χ2n) is 8.19. The lowest BCUT2D eigenvalue weighted by molar-refractivity contribution is -0.156. The number of carboxylic acids is 1. The van der Waals surface area contributed by atoms with Crippen LogP contribution in [0.4, 0.5) is 0 Å². The third-order valence-electron chi connectivity index (χ3n) is 4.98. The fourth-order valence-corrected chi connectivity index (χ4v) is 5.16. The Morgan fingerprint density at radius 1 is 0.944 bits per heavy atom. The molecule has 202 valence electrons. The van der Waals surface area contributed by atoms with E-state index in [0.29, 0.717) is 5.56 Å². The van der Waals surface area contributed by atoms with E-state index in [4.69, 9.17) is 13.8 Å². The van der Waals surface area contributed by atoms with Crippen LogP contribution in [-0.4, -0.2) is 83.8 Å². The average molecular weight is 529 g/mol. The molecule has 1 unspecified atom stereocenters. The van der Waals surface area contributed by atoms with Gasteiger partial charge >= 0.3 is 19.5 Å². The molecule has 1 aromatic rings. The number of rotatable bonds is 16. The van der Waals surface area contributed by atoms with E-state index in [9.17, 15) is 28.8 Å². The minimum Gasteiger partial charge on any atom is -0.480 e.